The van der Waals surface area contributed by atoms with Crippen molar-refractivity contribution in [2.75, 3.05) is 0 Å². The van der Waals surface area contributed by atoms with Crippen LogP contribution < -0.4 is 0 Å². The first-order chi connectivity index (χ1) is 17.8. The SMILES string of the molecule is c1ccc(-c2cc3nc(C4CC4)n(Cc4ccc(-c5ccccc5-c5nn[nH]n5)cc4)c3cn2)cc1. The maximum absolute atomic E-state index is 5.06. The Bertz CT molecular complexity index is 1650. The van der Waals surface area contributed by atoms with Gasteiger partial charge in [0.2, 0.25) is 5.82 Å². The molecule has 1 N–H and O–H groups in total. The molecule has 0 bridgehead atoms. The van der Waals surface area contributed by atoms with E-state index >= 15 is 0 Å². The van der Waals surface area contributed by atoms with Gasteiger partial charge in [-0.2, -0.15) is 5.21 Å². The molecule has 3 aromatic carbocycles. The van der Waals surface area contributed by atoms with Crippen molar-refractivity contribution in [3.05, 3.63) is 103 Å². The molecule has 0 unspecified atom stereocenters. The summed E-state index contributed by atoms with van der Waals surface area (Å²) in [6.45, 7) is 0.765. The Hall–Kier alpha value is -4.65. The average Bonchev–Trinajstić information content (AvgIpc) is 3.51. The summed E-state index contributed by atoms with van der Waals surface area (Å²) in [5.74, 6) is 2.30. The van der Waals surface area contributed by atoms with Gasteiger partial charge in [-0.3, -0.25) is 4.98 Å². The fraction of sp³-hybridized carbons (Fsp3) is 0.138. The number of imidazole rings is 1. The van der Waals surface area contributed by atoms with Gasteiger partial charge in [-0.1, -0.05) is 78.9 Å². The van der Waals surface area contributed by atoms with Gasteiger partial charge in [0.05, 0.1) is 22.9 Å². The maximum atomic E-state index is 5.06. The van der Waals surface area contributed by atoms with Crippen LogP contribution in [0.25, 0.3) is 44.8 Å². The maximum Gasteiger partial charge on any atom is 0.205 e. The largest absolute Gasteiger partial charge is 0.322 e. The number of nitrogens with zero attached hydrogens (tertiary/aromatic N) is 6. The fourth-order valence-corrected chi connectivity index (χ4v) is 4.81. The normalized spacial score (nSPS) is 13.3. The number of H-pyrrole nitrogens is 1. The number of tetrazole rings is 1. The molecule has 0 spiro atoms. The molecule has 3 heterocycles. The molecule has 3 aromatic heterocycles. The van der Waals surface area contributed by atoms with E-state index < -0.39 is 0 Å². The predicted molar refractivity (Wildman–Crippen MR) is 139 cm³/mol. The topological polar surface area (TPSA) is 85.2 Å². The molecule has 174 valence electrons. The summed E-state index contributed by atoms with van der Waals surface area (Å²) in [5.41, 5.74) is 8.54. The highest BCUT2D eigenvalue weighted by molar-refractivity contribution is 5.81. The molecule has 1 aliphatic rings. The first-order valence-electron chi connectivity index (χ1n) is 12.2. The molecule has 0 atom stereocenters. The minimum Gasteiger partial charge on any atom is -0.322 e. The van der Waals surface area contributed by atoms with Crippen LogP contribution in [0.1, 0.15) is 30.1 Å². The average molecular weight is 470 g/mol. The number of fused-ring (bicyclic) bond motifs is 1. The predicted octanol–water partition coefficient (Wildman–Crippen LogP) is 5.87. The molecule has 0 aliphatic heterocycles. The van der Waals surface area contributed by atoms with E-state index in [1.165, 1.54) is 24.2 Å². The van der Waals surface area contributed by atoms with Crippen molar-refractivity contribution in [3.63, 3.8) is 0 Å². The number of nitrogens with one attached hydrogen (secondary N) is 1. The summed E-state index contributed by atoms with van der Waals surface area (Å²) in [6.07, 6.45) is 4.38. The first kappa shape index (κ1) is 20.7. The van der Waals surface area contributed by atoms with E-state index in [9.17, 15) is 0 Å². The lowest BCUT2D eigenvalue weighted by atomic mass is 9.98. The smallest absolute Gasteiger partial charge is 0.205 e. The zero-order valence-electron chi connectivity index (χ0n) is 19.5. The van der Waals surface area contributed by atoms with Gasteiger partial charge in [0.15, 0.2) is 0 Å². The minimum absolute atomic E-state index is 0.540. The minimum atomic E-state index is 0.540. The van der Waals surface area contributed by atoms with Gasteiger partial charge in [-0.15, -0.1) is 10.2 Å². The number of hydrogen-bond donors (Lipinski definition) is 1. The Balaban J connectivity index is 1.23. The molecular weight excluding hydrogens is 446 g/mol. The standard InChI is InChI=1S/C29H23N7/c1-2-6-21(7-3-1)25-16-26-27(17-30-25)36(29(31-26)22-14-15-22)18-19-10-12-20(13-11-19)23-8-4-5-9-24(23)28-32-34-35-33-28/h1-13,16-17,22H,14-15,18H2,(H,32,33,34,35). The molecule has 7 rings (SSSR count). The number of aromatic amines is 1. The first-order valence-corrected chi connectivity index (χ1v) is 12.2. The van der Waals surface area contributed by atoms with Crippen molar-refractivity contribution in [2.45, 2.75) is 25.3 Å². The van der Waals surface area contributed by atoms with Gasteiger partial charge in [-0.25, -0.2) is 4.98 Å². The van der Waals surface area contributed by atoms with Gasteiger partial charge >= 0.3 is 0 Å². The van der Waals surface area contributed by atoms with Crippen molar-refractivity contribution in [1.82, 2.24) is 35.2 Å². The highest BCUT2D eigenvalue weighted by atomic mass is 15.5. The van der Waals surface area contributed by atoms with Crippen LogP contribution in [0.15, 0.2) is 91.1 Å². The van der Waals surface area contributed by atoms with Crippen molar-refractivity contribution in [2.24, 2.45) is 0 Å². The molecule has 36 heavy (non-hydrogen) atoms. The van der Waals surface area contributed by atoms with Crippen molar-refractivity contribution < 1.29 is 0 Å². The third-order valence-corrected chi connectivity index (χ3v) is 6.80. The van der Waals surface area contributed by atoms with E-state index in [1.54, 1.807) is 0 Å². The Morgan fingerprint density at radius 1 is 0.833 bits per heavy atom. The number of benzene rings is 3. The summed E-state index contributed by atoms with van der Waals surface area (Å²) >= 11 is 0. The zero-order chi connectivity index (χ0) is 23.9. The lowest BCUT2D eigenvalue weighted by Gasteiger charge is -2.11. The third-order valence-electron chi connectivity index (χ3n) is 6.80. The van der Waals surface area contributed by atoms with Gasteiger partial charge < -0.3 is 4.57 Å². The van der Waals surface area contributed by atoms with Crippen LogP contribution in [0.4, 0.5) is 0 Å². The second-order valence-corrected chi connectivity index (χ2v) is 9.23. The number of hydrogen-bond acceptors (Lipinski definition) is 5. The van der Waals surface area contributed by atoms with Gasteiger partial charge in [0.25, 0.3) is 0 Å². The van der Waals surface area contributed by atoms with E-state index in [4.69, 9.17) is 9.97 Å². The summed E-state index contributed by atoms with van der Waals surface area (Å²) in [4.78, 5) is 9.84. The highest BCUT2D eigenvalue weighted by Crippen LogP contribution is 2.41. The van der Waals surface area contributed by atoms with Crippen molar-refractivity contribution >= 4 is 11.0 Å². The molecule has 0 radical (unpaired) electrons. The number of aromatic nitrogens is 7. The Morgan fingerprint density at radius 2 is 1.61 bits per heavy atom. The van der Waals surface area contributed by atoms with Crippen LogP contribution in [-0.4, -0.2) is 35.2 Å². The lowest BCUT2D eigenvalue weighted by Crippen LogP contribution is -2.04. The van der Waals surface area contributed by atoms with Crippen LogP contribution in [-0.2, 0) is 6.54 Å². The highest BCUT2D eigenvalue weighted by Gasteiger charge is 2.30. The molecular formula is C29H23N7. The molecule has 1 aliphatic carbocycles. The molecule has 0 saturated heterocycles. The monoisotopic (exact) mass is 469 g/mol. The third kappa shape index (κ3) is 3.75. The molecule has 1 fully saturated rings. The summed E-state index contributed by atoms with van der Waals surface area (Å²) in [6, 6.07) is 29.2. The summed E-state index contributed by atoms with van der Waals surface area (Å²) in [5, 5.41) is 14.6. The van der Waals surface area contributed by atoms with Crippen LogP contribution in [0.3, 0.4) is 0 Å². The van der Waals surface area contributed by atoms with E-state index in [-0.39, 0.29) is 0 Å². The Kier molecular flexibility index (Phi) is 4.91. The Labute approximate surface area is 207 Å². The number of pyridine rings is 1. The van der Waals surface area contributed by atoms with E-state index in [0.717, 1.165) is 45.5 Å². The van der Waals surface area contributed by atoms with E-state index in [2.05, 4.69) is 73.7 Å². The van der Waals surface area contributed by atoms with Crippen LogP contribution in [0.5, 0.6) is 0 Å². The van der Waals surface area contributed by atoms with E-state index in [1.807, 2.05) is 42.6 Å². The molecule has 1 saturated carbocycles. The van der Waals surface area contributed by atoms with E-state index in [0.29, 0.717) is 11.7 Å². The molecule has 0 amide bonds. The van der Waals surface area contributed by atoms with Crippen molar-refractivity contribution in [3.8, 4) is 33.8 Å². The molecule has 7 heteroatoms. The Morgan fingerprint density at radius 3 is 2.36 bits per heavy atom. The fourth-order valence-electron chi connectivity index (χ4n) is 4.81. The summed E-state index contributed by atoms with van der Waals surface area (Å²) in [7, 11) is 0. The molecule has 6 aromatic rings. The van der Waals surface area contributed by atoms with Crippen LogP contribution >= 0.6 is 0 Å². The summed E-state index contributed by atoms with van der Waals surface area (Å²) < 4.78 is 2.34. The van der Waals surface area contributed by atoms with Crippen molar-refractivity contribution in [1.29, 1.82) is 0 Å². The second kappa shape index (κ2) is 8.53. The van der Waals surface area contributed by atoms with Crippen LogP contribution in [0, 0.1) is 0 Å². The molecule has 7 nitrogen and oxygen atoms in total. The van der Waals surface area contributed by atoms with Gasteiger partial charge in [0, 0.05) is 23.6 Å². The van der Waals surface area contributed by atoms with Gasteiger partial charge in [0.1, 0.15) is 5.82 Å². The zero-order valence-corrected chi connectivity index (χ0v) is 19.5. The lowest BCUT2D eigenvalue weighted by molar-refractivity contribution is 0.746. The number of rotatable bonds is 6. The quantitative estimate of drug-likeness (QED) is 0.330. The van der Waals surface area contributed by atoms with Crippen LogP contribution in [0.2, 0.25) is 0 Å². The second-order valence-electron chi connectivity index (χ2n) is 9.23. The van der Waals surface area contributed by atoms with Gasteiger partial charge in [-0.05, 0) is 40.8 Å².